The van der Waals surface area contributed by atoms with E-state index in [9.17, 15) is 9.18 Å². The Morgan fingerprint density at radius 3 is 2.56 bits per heavy atom. The zero-order valence-corrected chi connectivity index (χ0v) is 10.5. The fraction of sp³-hybridized carbons (Fsp3) is 0.750. The van der Waals surface area contributed by atoms with Gasteiger partial charge in [0.25, 0.3) is 5.91 Å². The van der Waals surface area contributed by atoms with Crippen molar-refractivity contribution >= 4 is 5.91 Å². The Hall–Kier alpha value is -0.900. The van der Waals surface area contributed by atoms with Crippen LogP contribution in [0.5, 0.6) is 0 Å². The van der Waals surface area contributed by atoms with Gasteiger partial charge >= 0.3 is 0 Å². The number of rotatable bonds is 2. The Kier molecular flexibility index (Phi) is 4.08. The van der Waals surface area contributed by atoms with Crippen LogP contribution in [0.2, 0.25) is 0 Å². The predicted octanol–water partition coefficient (Wildman–Crippen LogP) is 1.85. The third kappa shape index (κ3) is 3.93. The molecule has 0 aromatic heterocycles. The smallest absolute Gasteiger partial charge is 0.280 e. The Morgan fingerprint density at radius 2 is 2.12 bits per heavy atom. The molecule has 1 rings (SSSR count). The minimum atomic E-state index is -0.673. The van der Waals surface area contributed by atoms with Gasteiger partial charge in [0.05, 0.1) is 0 Å². The van der Waals surface area contributed by atoms with Crippen LogP contribution in [-0.2, 0) is 4.79 Å². The number of likely N-dealkylation sites (N-methyl/N-ethyl adjacent to an activating group) is 1. The lowest BCUT2D eigenvalue weighted by molar-refractivity contribution is -0.120. The second-order valence-electron chi connectivity index (χ2n) is 5.41. The molecule has 1 aliphatic heterocycles. The molecule has 1 amide bonds. The summed E-state index contributed by atoms with van der Waals surface area (Å²) < 4.78 is 13.6. The van der Waals surface area contributed by atoms with E-state index >= 15 is 0 Å². The Bertz CT molecular complexity index is 294. The van der Waals surface area contributed by atoms with Gasteiger partial charge in [0.2, 0.25) is 0 Å². The number of carbonyl (C=O) groups excluding carboxylic acids is 1. The number of carbonyl (C=O) groups is 1. The Labute approximate surface area is 96.7 Å². The maximum atomic E-state index is 13.6. The molecule has 1 N–H and O–H groups in total. The molecule has 1 fully saturated rings. The van der Waals surface area contributed by atoms with Crippen LogP contribution in [0.25, 0.3) is 0 Å². The highest BCUT2D eigenvalue weighted by Gasteiger charge is 2.22. The molecular formula is C12H21FN2O. The van der Waals surface area contributed by atoms with Crippen LogP contribution >= 0.6 is 0 Å². The largest absolute Gasteiger partial charge is 0.345 e. The lowest BCUT2D eigenvalue weighted by atomic mass is 10.1. The van der Waals surface area contributed by atoms with Crippen molar-refractivity contribution in [2.75, 3.05) is 13.6 Å². The van der Waals surface area contributed by atoms with Gasteiger partial charge in [-0.2, -0.15) is 0 Å². The molecule has 3 nitrogen and oxygen atoms in total. The average molecular weight is 228 g/mol. The van der Waals surface area contributed by atoms with Gasteiger partial charge in [-0.3, -0.25) is 9.69 Å². The summed E-state index contributed by atoms with van der Waals surface area (Å²) in [7, 11) is 1.95. The number of nitrogens with one attached hydrogen (secondary N) is 1. The van der Waals surface area contributed by atoms with Gasteiger partial charge in [-0.25, -0.2) is 4.39 Å². The van der Waals surface area contributed by atoms with Crippen LogP contribution in [0, 0.1) is 0 Å². The standard InChI is InChI=1S/C12H21FN2O/c1-12(2,3)14-11(16)10(13)8-9-6-5-7-15(9)4/h8-9H,5-7H2,1-4H3,(H,14,16)/b10-8-/t9-/m1/s1. The summed E-state index contributed by atoms with van der Waals surface area (Å²) in [5.74, 6) is -1.29. The van der Waals surface area contributed by atoms with Crippen molar-refractivity contribution < 1.29 is 9.18 Å². The maximum absolute atomic E-state index is 13.6. The fourth-order valence-corrected chi connectivity index (χ4v) is 1.79. The third-order valence-electron chi connectivity index (χ3n) is 2.62. The highest BCUT2D eigenvalue weighted by atomic mass is 19.1. The van der Waals surface area contributed by atoms with Crippen molar-refractivity contribution in [2.24, 2.45) is 0 Å². The highest BCUT2D eigenvalue weighted by molar-refractivity contribution is 5.91. The number of likely N-dealkylation sites (tertiary alicyclic amines) is 1. The lowest BCUT2D eigenvalue weighted by Gasteiger charge is -2.20. The molecule has 1 heterocycles. The first-order chi connectivity index (χ1) is 7.29. The summed E-state index contributed by atoms with van der Waals surface area (Å²) in [5.41, 5.74) is -0.399. The van der Waals surface area contributed by atoms with Crippen LogP contribution in [-0.4, -0.2) is 36.0 Å². The van der Waals surface area contributed by atoms with E-state index in [0.29, 0.717) is 0 Å². The molecule has 0 bridgehead atoms. The summed E-state index contributed by atoms with van der Waals surface area (Å²) in [6.07, 6.45) is 3.41. The van der Waals surface area contributed by atoms with Gasteiger partial charge in [0.1, 0.15) is 0 Å². The van der Waals surface area contributed by atoms with Gasteiger partial charge in [-0.15, -0.1) is 0 Å². The molecule has 1 saturated heterocycles. The first kappa shape index (κ1) is 13.2. The number of hydrogen-bond acceptors (Lipinski definition) is 2. The molecule has 0 unspecified atom stereocenters. The van der Waals surface area contributed by atoms with Crippen LogP contribution < -0.4 is 5.32 Å². The molecule has 0 aromatic rings. The van der Waals surface area contributed by atoms with Crippen molar-refractivity contribution in [2.45, 2.75) is 45.2 Å². The molecule has 4 heteroatoms. The lowest BCUT2D eigenvalue weighted by Crippen LogP contribution is -2.41. The second-order valence-corrected chi connectivity index (χ2v) is 5.41. The van der Waals surface area contributed by atoms with Crippen LogP contribution in [0.1, 0.15) is 33.6 Å². The summed E-state index contributed by atoms with van der Waals surface area (Å²) in [6.45, 7) is 6.47. The molecule has 0 radical (unpaired) electrons. The van der Waals surface area contributed by atoms with Crippen LogP contribution in [0.4, 0.5) is 4.39 Å². The van der Waals surface area contributed by atoms with Crippen molar-refractivity contribution in [1.29, 1.82) is 0 Å². The number of hydrogen-bond donors (Lipinski definition) is 1. The van der Waals surface area contributed by atoms with E-state index in [-0.39, 0.29) is 6.04 Å². The molecule has 0 aliphatic carbocycles. The van der Waals surface area contributed by atoms with E-state index in [2.05, 4.69) is 10.2 Å². The van der Waals surface area contributed by atoms with Crippen LogP contribution in [0.15, 0.2) is 11.9 Å². The van der Waals surface area contributed by atoms with Crippen molar-refractivity contribution in [3.63, 3.8) is 0 Å². The highest BCUT2D eigenvalue weighted by Crippen LogP contribution is 2.18. The molecule has 92 valence electrons. The van der Waals surface area contributed by atoms with E-state index in [4.69, 9.17) is 0 Å². The molecule has 0 saturated carbocycles. The van der Waals surface area contributed by atoms with E-state index in [1.54, 1.807) is 0 Å². The first-order valence-electron chi connectivity index (χ1n) is 5.70. The quantitative estimate of drug-likeness (QED) is 0.732. The van der Waals surface area contributed by atoms with Crippen LogP contribution in [0.3, 0.4) is 0 Å². The fourth-order valence-electron chi connectivity index (χ4n) is 1.79. The van der Waals surface area contributed by atoms with E-state index < -0.39 is 17.3 Å². The van der Waals surface area contributed by atoms with Crippen molar-refractivity contribution in [3.8, 4) is 0 Å². The molecule has 0 aromatic carbocycles. The van der Waals surface area contributed by atoms with Crippen molar-refractivity contribution in [3.05, 3.63) is 11.9 Å². The SMILES string of the molecule is CN1CCC[C@@H]1/C=C(\F)C(=O)NC(C)(C)C. The summed E-state index contributed by atoms with van der Waals surface area (Å²) in [6, 6.07) is 0.0609. The topological polar surface area (TPSA) is 32.3 Å². The monoisotopic (exact) mass is 228 g/mol. The molecule has 1 atom stereocenters. The predicted molar refractivity (Wildman–Crippen MR) is 62.7 cm³/mol. The zero-order valence-electron chi connectivity index (χ0n) is 10.5. The van der Waals surface area contributed by atoms with Crippen molar-refractivity contribution in [1.82, 2.24) is 10.2 Å². The average Bonchev–Trinajstić information content (AvgIpc) is 2.49. The summed E-state index contributed by atoms with van der Waals surface area (Å²) in [4.78, 5) is 13.5. The Balaban J connectivity index is 2.59. The van der Waals surface area contributed by atoms with E-state index in [0.717, 1.165) is 19.4 Å². The van der Waals surface area contributed by atoms with Gasteiger partial charge in [-0.1, -0.05) is 0 Å². The van der Waals surface area contributed by atoms with Gasteiger partial charge in [-0.05, 0) is 53.3 Å². The minimum Gasteiger partial charge on any atom is -0.345 e. The third-order valence-corrected chi connectivity index (χ3v) is 2.62. The van der Waals surface area contributed by atoms with Gasteiger partial charge in [0.15, 0.2) is 5.83 Å². The summed E-state index contributed by atoms with van der Waals surface area (Å²) in [5, 5.41) is 2.61. The number of halogens is 1. The first-order valence-corrected chi connectivity index (χ1v) is 5.70. The molecule has 0 spiro atoms. The second kappa shape index (κ2) is 4.95. The molecule has 16 heavy (non-hydrogen) atoms. The zero-order chi connectivity index (χ0) is 12.3. The van der Waals surface area contributed by atoms with E-state index in [1.807, 2.05) is 27.8 Å². The number of amides is 1. The van der Waals surface area contributed by atoms with Gasteiger partial charge in [0, 0.05) is 11.6 Å². The maximum Gasteiger partial charge on any atom is 0.280 e. The number of nitrogens with zero attached hydrogens (tertiary/aromatic N) is 1. The summed E-state index contributed by atoms with van der Waals surface area (Å²) >= 11 is 0. The molecular weight excluding hydrogens is 207 g/mol. The van der Waals surface area contributed by atoms with Gasteiger partial charge < -0.3 is 5.32 Å². The molecule has 1 aliphatic rings. The minimum absolute atomic E-state index is 0.0609. The normalized spacial score (nSPS) is 23.6. The van der Waals surface area contributed by atoms with E-state index in [1.165, 1.54) is 6.08 Å². The Morgan fingerprint density at radius 1 is 1.50 bits per heavy atom.